The van der Waals surface area contributed by atoms with E-state index in [1.54, 1.807) is 19.0 Å². The minimum absolute atomic E-state index is 0. The second kappa shape index (κ2) is 14.4. The number of amides is 1. The number of hydrogen-bond acceptors (Lipinski definition) is 4. The van der Waals surface area contributed by atoms with Gasteiger partial charge in [-0.1, -0.05) is 19.8 Å². The molecular formula is C20H39IN4O3. The van der Waals surface area contributed by atoms with Crippen LogP contribution in [-0.2, 0) is 14.3 Å². The van der Waals surface area contributed by atoms with E-state index in [1.165, 1.54) is 19.3 Å². The van der Waals surface area contributed by atoms with E-state index >= 15 is 0 Å². The van der Waals surface area contributed by atoms with Gasteiger partial charge in [0.15, 0.2) is 5.96 Å². The number of halogens is 1. The quantitative estimate of drug-likeness (QED) is 0.216. The molecule has 0 aromatic heterocycles. The first-order valence-electron chi connectivity index (χ1n) is 10.5. The van der Waals surface area contributed by atoms with Gasteiger partial charge in [0, 0.05) is 45.8 Å². The Hall–Kier alpha value is -0.610. The summed E-state index contributed by atoms with van der Waals surface area (Å²) in [6.45, 7) is 6.46. The highest BCUT2D eigenvalue weighted by atomic mass is 127. The predicted octanol–water partition coefficient (Wildman–Crippen LogP) is 2.25. The fourth-order valence-electron chi connectivity index (χ4n) is 3.49. The maximum Gasteiger partial charge on any atom is 0.243 e. The number of carbonyl (C=O) groups is 1. The number of hydrogen-bond donors (Lipinski definition) is 2. The largest absolute Gasteiger partial charge is 0.381 e. The number of aliphatic imine (C=N–C) groups is 1. The molecule has 1 heterocycles. The summed E-state index contributed by atoms with van der Waals surface area (Å²) in [5.74, 6) is 1.94. The maximum absolute atomic E-state index is 11.9. The lowest BCUT2D eigenvalue weighted by Gasteiger charge is -2.31. The van der Waals surface area contributed by atoms with Gasteiger partial charge in [0.25, 0.3) is 0 Å². The second-order valence-corrected chi connectivity index (χ2v) is 8.05. The van der Waals surface area contributed by atoms with Gasteiger partial charge in [0.2, 0.25) is 5.91 Å². The number of rotatable bonds is 9. The van der Waals surface area contributed by atoms with Crippen molar-refractivity contribution < 1.29 is 14.3 Å². The molecule has 164 valence electrons. The highest BCUT2D eigenvalue weighted by Gasteiger charge is 2.22. The first kappa shape index (κ1) is 25.4. The van der Waals surface area contributed by atoms with Crippen molar-refractivity contribution in [1.82, 2.24) is 15.5 Å². The van der Waals surface area contributed by atoms with E-state index in [0.29, 0.717) is 17.9 Å². The van der Waals surface area contributed by atoms with Gasteiger partial charge in [-0.3, -0.25) is 4.79 Å². The molecule has 7 nitrogen and oxygen atoms in total. The molecule has 1 amide bonds. The molecule has 3 atom stereocenters. The lowest BCUT2D eigenvalue weighted by atomic mass is 9.86. The van der Waals surface area contributed by atoms with Gasteiger partial charge in [0.1, 0.15) is 6.54 Å². The van der Waals surface area contributed by atoms with E-state index in [-0.39, 0.29) is 36.4 Å². The Morgan fingerprint density at radius 1 is 1.25 bits per heavy atom. The fraction of sp³-hybridized carbons (Fsp3) is 0.900. The van der Waals surface area contributed by atoms with Gasteiger partial charge < -0.3 is 25.0 Å². The standard InChI is InChI=1S/C20H38N4O3.HI/c1-16-7-4-5-8-18(16)23-20(22-13-19(25)24(2)3)21-10-6-11-26-14-17-9-12-27-15-17;/h16-18H,4-15H2,1-3H3,(H2,21,22,23);1H. The van der Waals surface area contributed by atoms with Gasteiger partial charge in [-0.25, -0.2) is 4.99 Å². The van der Waals surface area contributed by atoms with Crippen molar-refractivity contribution in [3.63, 3.8) is 0 Å². The van der Waals surface area contributed by atoms with Gasteiger partial charge >= 0.3 is 0 Å². The molecule has 28 heavy (non-hydrogen) atoms. The summed E-state index contributed by atoms with van der Waals surface area (Å²) in [6.07, 6.45) is 7.00. The Bertz CT molecular complexity index is 470. The molecule has 1 saturated carbocycles. The normalized spacial score (nSPS) is 25.1. The SMILES string of the molecule is CC1CCCCC1NC(=NCC(=O)N(C)C)NCCCOCC1CCOC1.I. The third kappa shape index (κ3) is 9.73. The van der Waals surface area contributed by atoms with Crippen LogP contribution in [0, 0.1) is 11.8 Å². The van der Waals surface area contributed by atoms with Crippen LogP contribution >= 0.6 is 24.0 Å². The van der Waals surface area contributed by atoms with Crippen LogP contribution in [0.3, 0.4) is 0 Å². The number of likely N-dealkylation sites (N-methyl/N-ethyl adjacent to an activating group) is 1. The number of carbonyl (C=O) groups excluding carboxylic acids is 1. The lowest BCUT2D eigenvalue weighted by molar-refractivity contribution is -0.127. The van der Waals surface area contributed by atoms with Gasteiger partial charge in [-0.15, -0.1) is 24.0 Å². The summed E-state index contributed by atoms with van der Waals surface area (Å²) in [7, 11) is 3.52. The molecule has 2 fully saturated rings. The minimum atomic E-state index is 0. The summed E-state index contributed by atoms with van der Waals surface area (Å²) < 4.78 is 11.1. The van der Waals surface area contributed by atoms with Crippen molar-refractivity contribution in [2.24, 2.45) is 16.8 Å². The Morgan fingerprint density at radius 3 is 2.71 bits per heavy atom. The number of nitrogens with one attached hydrogen (secondary N) is 2. The van der Waals surface area contributed by atoms with Crippen molar-refractivity contribution in [1.29, 1.82) is 0 Å². The molecule has 1 saturated heterocycles. The molecule has 0 bridgehead atoms. The van der Waals surface area contributed by atoms with E-state index in [0.717, 1.165) is 58.2 Å². The molecule has 0 radical (unpaired) electrons. The average Bonchev–Trinajstić information content (AvgIpc) is 3.17. The average molecular weight is 510 g/mol. The Morgan fingerprint density at radius 2 is 2.04 bits per heavy atom. The van der Waals surface area contributed by atoms with Crippen LogP contribution < -0.4 is 10.6 Å². The molecule has 3 unspecified atom stereocenters. The van der Waals surface area contributed by atoms with Crippen molar-refractivity contribution in [3.8, 4) is 0 Å². The van der Waals surface area contributed by atoms with Gasteiger partial charge in [-0.2, -0.15) is 0 Å². The van der Waals surface area contributed by atoms with Crippen LogP contribution in [0.25, 0.3) is 0 Å². The van der Waals surface area contributed by atoms with E-state index in [4.69, 9.17) is 9.47 Å². The second-order valence-electron chi connectivity index (χ2n) is 8.05. The zero-order valence-electron chi connectivity index (χ0n) is 17.7. The highest BCUT2D eigenvalue weighted by Crippen LogP contribution is 2.23. The minimum Gasteiger partial charge on any atom is -0.381 e. The molecular weight excluding hydrogens is 471 g/mol. The van der Waals surface area contributed by atoms with Gasteiger partial charge in [0.05, 0.1) is 13.2 Å². The molecule has 0 spiro atoms. The molecule has 2 N–H and O–H groups in total. The van der Waals surface area contributed by atoms with Crippen LogP contribution in [0.1, 0.15) is 45.4 Å². The van der Waals surface area contributed by atoms with E-state index < -0.39 is 0 Å². The first-order chi connectivity index (χ1) is 13.1. The Balaban J connectivity index is 0.00000392. The predicted molar refractivity (Wildman–Crippen MR) is 123 cm³/mol. The van der Waals surface area contributed by atoms with Gasteiger partial charge in [-0.05, 0) is 31.6 Å². The van der Waals surface area contributed by atoms with Crippen LogP contribution in [0.5, 0.6) is 0 Å². The van der Waals surface area contributed by atoms with E-state index in [9.17, 15) is 4.79 Å². The molecule has 0 aromatic rings. The third-order valence-electron chi connectivity index (χ3n) is 5.44. The monoisotopic (exact) mass is 510 g/mol. The van der Waals surface area contributed by atoms with Crippen LogP contribution in [0.2, 0.25) is 0 Å². The topological polar surface area (TPSA) is 75.2 Å². The summed E-state index contributed by atoms with van der Waals surface area (Å²) in [4.78, 5) is 18.0. The van der Waals surface area contributed by atoms with E-state index in [2.05, 4.69) is 22.5 Å². The van der Waals surface area contributed by atoms with Crippen LogP contribution in [0.15, 0.2) is 4.99 Å². The lowest BCUT2D eigenvalue weighted by Crippen LogP contribution is -2.48. The van der Waals surface area contributed by atoms with E-state index in [1.807, 2.05) is 0 Å². The number of ether oxygens (including phenoxy) is 2. The maximum atomic E-state index is 11.9. The van der Waals surface area contributed by atoms with Crippen molar-refractivity contribution in [2.45, 2.75) is 51.5 Å². The first-order valence-corrected chi connectivity index (χ1v) is 10.5. The van der Waals surface area contributed by atoms with Crippen LogP contribution in [-0.4, -0.2) is 76.4 Å². The zero-order valence-corrected chi connectivity index (χ0v) is 20.1. The molecule has 1 aliphatic carbocycles. The summed E-state index contributed by atoms with van der Waals surface area (Å²) in [5, 5.41) is 6.92. The molecule has 0 aromatic carbocycles. The Kier molecular flexibility index (Phi) is 13.1. The van der Waals surface area contributed by atoms with Crippen LogP contribution in [0.4, 0.5) is 0 Å². The molecule has 8 heteroatoms. The number of nitrogens with zero attached hydrogens (tertiary/aromatic N) is 2. The van der Waals surface area contributed by atoms with Crippen molar-refractivity contribution in [3.05, 3.63) is 0 Å². The van der Waals surface area contributed by atoms with Crippen molar-refractivity contribution in [2.75, 3.05) is 53.6 Å². The third-order valence-corrected chi connectivity index (χ3v) is 5.44. The highest BCUT2D eigenvalue weighted by molar-refractivity contribution is 14.0. The Labute approximate surface area is 187 Å². The fourth-order valence-corrected chi connectivity index (χ4v) is 3.49. The summed E-state index contributed by atoms with van der Waals surface area (Å²) in [5.41, 5.74) is 0. The smallest absolute Gasteiger partial charge is 0.243 e. The summed E-state index contributed by atoms with van der Waals surface area (Å²) in [6, 6.07) is 0.429. The van der Waals surface area contributed by atoms with Crippen molar-refractivity contribution >= 4 is 35.8 Å². The number of guanidine groups is 1. The molecule has 2 aliphatic rings. The molecule has 2 rings (SSSR count). The summed E-state index contributed by atoms with van der Waals surface area (Å²) >= 11 is 0. The zero-order chi connectivity index (χ0) is 19.5. The molecule has 1 aliphatic heterocycles.